The number of hydrogen-bond acceptors (Lipinski definition) is 0. The molecule has 0 fully saturated rings. The van der Waals surface area contributed by atoms with Crippen LogP contribution in [0.2, 0.25) is 0 Å². The van der Waals surface area contributed by atoms with Gasteiger partial charge in [0.15, 0.2) is 0 Å². The molecule has 2 rings (SSSR count). The first kappa shape index (κ1) is 18.5. The molecule has 3 heteroatoms. The third kappa shape index (κ3) is 6.03. The van der Waals surface area contributed by atoms with Crippen molar-refractivity contribution in [2.45, 2.75) is 0 Å². The minimum Gasteiger partial charge on any atom is -1.00 e. The fourth-order valence-electron chi connectivity index (χ4n) is 1.29. The molecule has 1 radical (unpaired) electrons. The van der Waals surface area contributed by atoms with Gasteiger partial charge in [0.05, 0.1) is 0 Å². The maximum absolute atomic E-state index is 2.17. The maximum Gasteiger partial charge on any atom is 3.00 e. The molecule has 0 heterocycles. The number of hydrogen-bond donors (Lipinski definition) is 0. The van der Waals surface area contributed by atoms with Gasteiger partial charge < -0.3 is 34.0 Å². The van der Waals surface area contributed by atoms with Gasteiger partial charge in [-0.25, -0.2) is 0 Å². The van der Waals surface area contributed by atoms with E-state index < -0.39 is 0 Å². The van der Waals surface area contributed by atoms with Crippen LogP contribution in [-0.2, 0) is 26.2 Å². The van der Waals surface area contributed by atoms with Gasteiger partial charge in [-0.15, -0.1) is 41.8 Å². The van der Waals surface area contributed by atoms with Crippen LogP contribution < -0.4 is 34.0 Å². The molecular weight excluding hydrogens is 407 g/mol. The van der Waals surface area contributed by atoms with E-state index in [1.54, 1.807) is 0 Å². The third-order valence-electron chi connectivity index (χ3n) is 1.93. The second-order valence-corrected chi connectivity index (χ2v) is 2.97. The number of halogens is 2. The first-order valence-electron chi connectivity index (χ1n) is 4.40. The first-order chi connectivity index (χ1) is 6.45. The Bertz CT molecular complexity index is 325. The predicted molar refractivity (Wildman–Crippen MR) is 55.4 cm³/mol. The van der Waals surface area contributed by atoms with Gasteiger partial charge in [0.1, 0.15) is 0 Å². The monoisotopic (exact) mass is 415 g/mol. The second kappa shape index (κ2) is 10.3. The van der Waals surface area contributed by atoms with E-state index >= 15 is 0 Å². The van der Waals surface area contributed by atoms with Crippen LogP contribution in [0.25, 0.3) is 0 Å². The van der Waals surface area contributed by atoms with Crippen LogP contribution in [0.15, 0.2) is 60.7 Å². The summed E-state index contributed by atoms with van der Waals surface area (Å²) in [4.78, 5) is 0. The zero-order valence-corrected chi connectivity index (χ0v) is 14.2. The van der Waals surface area contributed by atoms with Crippen molar-refractivity contribution in [1.82, 2.24) is 0 Å². The molecule has 0 aliphatic rings. The molecule has 0 spiro atoms. The van der Waals surface area contributed by atoms with Gasteiger partial charge in [0, 0.05) is 0 Å². The summed E-state index contributed by atoms with van der Waals surface area (Å²) in [5.41, 5.74) is 2.49. The van der Waals surface area contributed by atoms with Crippen molar-refractivity contribution in [2.75, 3.05) is 0 Å². The summed E-state index contributed by atoms with van der Waals surface area (Å²) in [6.45, 7) is 0. The molecule has 2 aromatic carbocycles. The normalized spacial score (nSPS) is 7.75. The van der Waals surface area contributed by atoms with Crippen molar-refractivity contribution < 1.29 is 60.2 Å². The van der Waals surface area contributed by atoms with Gasteiger partial charge in [-0.1, -0.05) is 36.4 Å². The molecule has 0 aliphatic heterocycles. The minimum atomic E-state index is 0. The summed E-state index contributed by atoms with van der Waals surface area (Å²) < 4.78 is 0. The fourth-order valence-corrected chi connectivity index (χ4v) is 1.29. The Morgan fingerprint density at radius 3 is 1.19 bits per heavy atom. The Morgan fingerprint density at radius 2 is 0.875 bits per heavy atom. The molecule has 81 valence electrons. The largest absolute Gasteiger partial charge is 3.00 e. The molecule has 0 aliphatic carbocycles. The number of benzene rings is 2. The molecule has 0 nitrogen and oxygen atoms in total. The van der Waals surface area contributed by atoms with E-state index in [0.717, 1.165) is 0 Å². The molecular formula is C13H11Br2Zr. The van der Waals surface area contributed by atoms with Crippen LogP contribution in [0, 0.1) is 6.42 Å². The molecule has 0 saturated heterocycles. The molecule has 16 heavy (non-hydrogen) atoms. The third-order valence-corrected chi connectivity index (χ3v) is 1.93. The quantitative estimate of drug-likeness (QED) is 0.466. The van der Waals surface area contributed by atoms with E-state index in [-0.39, 0.29) is 60.2 Å². The summed E-state index contributed by atoms with van der Waals surface area (Å²) in [6.07, 6.45) is 2.17. The Labute approximate surface area is 137 Å². The molecule has 0 aromatic heterocycles. The van der Waals surface area contributed by atoms with Crippen LogP contribution in [0.3, 0.4) is 0 Å². The Morgan fingerprint density at radius 1 is 0.562 bits per heavy atom. The summed E-state index contributed by atoms with van der Waals surface area (Å²) in [5.74, 6) is 0. The fraction of sp³-hybridized carbons (Fsp3) is 0. The summed E-state index contributed by atoms with van der Waals surface area (Å²) in [5, 5.41) is 0. The smallest absolute Gasteiger partial charge is 1.00 e. The van der Waals surface area contributed by atoms with Gasteiger partial charge >= 0.3 is 26.2 Å². The standard InChI is InChI=1S/C13H11.2BrH.Zr/c1-3-7-12(8-4-1)11-13-9-5-2-6-10-13;;;/h1-11H;2*1H;/q-1;;;+3/p-2. The van der Waals surface area contributed by atoms with Crippen molar-refractivity contribution >= 4 is 0 Å². The Hall–Kier alpha value is 0.153. The zero-order valence-electron chi connectivity index (χ0n) is 8.61. The van der Waals surface area contributed by atoms with Crippen molar-refractivity contribution in [1.29, 1.82) is 0 Å². The molecule has 0 N–H and O–H groups in total. The molecule has 0 amide bonds. The van der Waals surface area contributed by atoms with Crippen LogP contribution in [0.4, 0.5) is 0 Å². The molecule has 0 saturated carbocycles. The van der Waals surface area contributed by atoms with Crippen molar-refractivity contribution in [2.24, 2.45) is 0 Å². The molecule has 0 unspecified atom stereocenters. The zero-order chi connectivity index (χ0) is 8.93. The topological polar surface area (TPSA) is 0 Å². The SMILES string of the molecule is [Br-].[Br-].[Zr+3].c1ccc([CH-]c2ccccc2)cc1. The van der Waals surface area contributed by atoms with Crippen LogP contribution in [0.1, 0.15) is 11.1 Å². The number of rotatable bonds is 2. The average molecular weight is 418 g/mol. The molecule has 0 atom stereocenters. The van der Waals surface area contributed by atoms with E-state index in [2.05, 4.69) is 55.0 Å². The van der Waals surface area contributed by atoms with Gasteiger partial charge in [-0.3, -0.25) is 0 Å². The molecule has 2 aromatic rings. The van der Waals surface area contributed by atoms with E-state index in [1.165, 1.54) is 11.1 Å². The van der Waals surface area contributed by atoms with Gasteiger partial charge in [0.25, 0.3) is 0 Å². The van der Waals surface area contributed by atoms with Crippen molar-refractivity contribution in [3.63, 3.8) is 0 Å². The predicted octanol–water partition coefficient (Wildman–Crippen LogP) is -2.71. The van der Waals surface area contributed by atoms with Crippen molar-refractivity contribution in [3.05, 3.63) is 78.2 Å². The van der Waals surface area contributed by atoms with Crippen LogP contribution in [0.5, 0.6) is 0 Å². The van der Waals surface area contributed by atoms with Crippen LogP contribution >= 0.6 is 0 Å². The van der Waals surface area contributed by atoms with Gasteiger partial charge in [-0.05, 0) is 0 Å². The molecule has 0 bridgehead atoms. The van der Waals surface area contributed by atoms with Crippen molar-refractivity contribution in [3.8, 4) is 0 Å². The van der Waals surface area contributed by atoms with Gasteiger partial charge in [0.2, 0.25) is 0 Å². The van der Waals surface area contributed by atoms with E-state index in [1.807, 2.05) is 12.1 Å². The minimum absolute atomic E-state index is 0. The Balaban J connectivity index is 0. The van der Waals surface area contributed by atoms with E-state index in [0.29, 0.717) is 0 Å². The first-order valence-corrected chi connectivity index (χ1v) is 4.40. The van der Waals surface area contributed by atoms with E-state index in [4.69, 9.17) is 0 Å². The van der Waals surface area contributed by atoms with E-state index in [9.17, 15) is 0 Å². The van der Waals surface area contributed by atoms with Gasteiger partial charge in [-0.2, -0.15) is 0 Å². The summed E-state index contributed by atoms with van der Waals surface area (Å²) >= 11 is 0. The van der Waals surface area contributed by atoms with Crippen LogP contribution in [-0.4, -0.2) is 0 Å². The summed E-state index contributed by atoms with van der Waals surface area (Å²) in [6, 6.07) is 20.7. The Kier molecular flexibility index (Phi) is 11.9. The maximum atomic E-state index is 2.17. The summed E-state index contributed by atoms with van der Waals surface area (Å²) in [7, 11) is 0. The second-order valence-electron chi connectivity index (χ2n) is 2.97. The average Bonchev–Trinajstić information content (AvgIpc) is 2.21.